The smallest absolute Gasteiger partial charge is 0.166 e. The summed E-state index contributed by atoms with van der Waals surface area (Å²) >= 11 is 9.58. The number of para-hydroxylation sites is 1. The van der Waals surface area contributed by atoms with E-state index in [9.17, 15) is 4.79 Å². The van der Waals surface area contributed by atoms with Gasteiger partial charge in [-0.05, 0) is 12.1 Å². The van der Waals surface area contributed by atoms with E-state index in [1.165, 1.54) is 0 Å². The molecule has 0 spiro atoms. The Morgan fingerprint density at radius 1 is 1.54 bits per heavy atom. The highest BCUT2D eigenvalue weighted by Crippen LogP contribution is 2.21. The molecule has 1 rings (SSSR count). The summed E-state index contributed by atoms with van der Waals surface area (Å²) in [5, 5.41) is 0. The Labute approximate surface area is 87.5 Å². The van der Waals surface area contributed by atoms with E-state index in [4.69, 9.17) is 17.3 Å². The Hall–Kier alpha value is -0.670. The quantitative estimate of drug-likeness (QED) is 0.352. The zero-order valence-electron chi connectivity index (χ0n) is 6.96. The maximum absolute atomic E-state index is 11.4. The van der Waals surface area contributed by atoms with E-state index in [0.717, 1.165) is 0 Å². The van der Waals surface area contributed by atoms with Crippen LogP contribution in [-0.4, -0.2) is 11.7 Å². The van der Waals surface area contributed by atoms with E-state index < -0.39 is 0 Å². The van der Waals surface area contributed by atoms with Crippen molar-refractivity contribution in [2.45, 2.75) is 11.3 Å². The van der Waals surface area contributed by atoms with Gasteiger partial charge in [0, 0.05) is 22.8 Å². The summed E-state index contributed by atoms with van der Waals surface area (Å²) < 4.78 is 0. The summed E-state index contributed by atoms with van der Waals surface area (Å²) in [5.41, 5.74) is 6.61. The van der Waals surface area contributed by atoms with Gasteiger partial charge in [-0.3, -0.25) is 4.79 Å². The number of ketones is 1. The van der Waals surface area contributed by atoms with Gasteiger partial charge in [-0.25, -0.2) is 0 Å². The predicted molar refractivity (Wildman–Crippen MR) is 57.8 cm³/mol. The number of halogens is 1. The molecule has 0 bridgehead atoms. The number of nitrogen functional groups attached to an aromatic ring is 1. The summed E-state index contributed by atoms with van der Waals surface area (Å²) in [6, 6.07) is 5.18. The van der Waals surface area contributed by atoms with Crippen molar-refractivity contribution in [3.8, 4) is 0 Å². The van der Waals surface area contributed by atoms with Gasteiger partial charge in [0.2, 0.25) is 0 Å². The Morgan fingerprint density at radius 2 is 2.23 bits per heavy atom. The maximum atomic E-state index is 11.4. The Kier molecular flexibility index (Phi) is 3.63. The first-order chi connectivity index (χ1) is 6.16. The molecule has 0 aliphatic carbocycles. The first-order valence-corrected chi connectivity index (χ1v) is 4.81. The first kappa shape index (κ1) is 10.4. The lowest BCUT2D eigenvalue weighted by Crippen LogP contribution is -2.04. The van der Waals surface area contributed by atoms with Crippen molar-refractivity contribution in [2.24, 2.45) is 0 Å². The minimum Gasteiger partial charge on any atom is -0.397 e. The van der Waals surface area contributed by atoms with Gasteiger partial charge in [0.15, 0.2) is 5.78 Å². The van der Waals surface area contributed by atoms with E-state index in [2.05, 4.69) is 12.6 Å². The molecule has 0 saturated heterocycles. The fourth-order valence-corrected chi connectivity index (χ4v) is 1.39. The second-order valence-electron chi connectivity index (χ2n) is 2.60. The van der Waals surface area contributed by atoms with E-state index in [0.29, 0.717) is 28.4 Å². The lowest BCUT2D eigenvalue weighted by molar-refractivity contribution is 0.0990. The van der Waals surface area contributed by atoms with Crippen molar-refractivity contribution in [2.75, 3.05) is 11.6 Å². The van der Waals surface area contributed by atoms with Crippen LogP contribution in [-0.2, 0) is 0 Å². The van der Waals surface area contributed by atoms with Crippen molar-refractivity contribution >= 4 is 35.7 Å². The molecule has 4 heteroatoms. The second kappa shape index (κ2) is 4.53. The van der Waals surface area contributed by atoms with Gasteiger partial charge in [0.1, 0.15) is 0 Å². The molecule has 2 N–H and O–H groups in total. The summed E-state index contributed by atoms with van der Waals surface area (Å²) in [6.45, 7) is 0. The monoisotopic (exact) mass is 215 g/mol. The molecular formula is C9H10ClNOS. The molecule has 0 heterocycles. The number of nitrogens with two attached hydrogens (primary N) is 1. The molecular weight excluding hydrogens is 206 g/mol. The molecule has 0 aliphatic heterocycles. The van der Waals surface area contributed by atoms with Crippen LogP contribution in [0.15, 0.2) is 23.1 Å². The number of hydrogen-bond acceptors (Lipinski definition) is 3. The van der Waals surface area contributed by atoms with Crippen LogP contribution in [0.4, 0.5) is 5.69 Å². The fraction of sp³-hybridized carbons (Fsp3) is 0.222. The molecule has 0 fully saturated rings. The van der Waals surface area contributed by atoms with Gasteiger partial charge >= 0.3 is 0 Å². The Balaban J connectivity index is 3.01. The van der Waals surface area contributed by atoms with Crippen molar-refractivity contribution in [1.29, 1.82) is 0 Å². The van der Waals surface area contributed by atoms with Crippen molar-refractivity contribution < 1.29 is 4.79 Å². The largest absolute Gasteiger partial charge is 0.397 e. The molecule has 13 heavy (non-hydrogen) atoms. The molecule has 1 aromatic carbocycles. The third-order valence-electron chi connectivity index (χ3n) is 1.71. The van der Waals surface area contributed by atoms with E-state index in [1.807, 2.05) is 0 Å². The lowest BCUT2D eigenvalue weighted by atomic mass is 10.1. The first-order valence-electron chi connectivity index (χ1n) is 3.83. The molecule has 0 aromatic heterocycles. The number of anilines is 1. The standard InChI is InChI=1S/C9H10ClNOS/c10-5-4-7(12)6-2-1-3-8(13)9(6)11/h1-3,13H,4-5,11H2. The average Bonchev–Trinajstić information content (AvgIpc) is 2.10. The summed E-state index contributed by atoms with van der Waals surface area (Å²) in [6.07, 6.45) is 0.309. The van der Waals surface area contributed by atoms with E-state index in [-0.39, 0.29) is 5.78 Å². The summed E-state index contributed by atoms with van der Waals surface area (Å²) in [7, 11) is 0. The van der Waals surface area contributed by atoms with Gasteiger partial charge in [0.25, 0.3) is 0 Å². The van der Waals surface area contributed by atoms with Gasteiger partial charge in [-0.2, -0.15) is 0 Å². The third-order valence-corrected chi connectivity index (χ3v) is 2.28. The predicted octanol–water partition coefficient (Wildman–Crippen LogP) is 2.37. The van der Waals surface area contributed by atoms with Crippen LogP contribution in [0.3, 0.4) is 0 Å². The minimum atomic E-state index is -0.0385. The minimum absolute atomic E-state index is 0.0385. The van der Waals surface area contributed by atoms with Gasteiger partial charge in [-0.1, -0.05) is 6.07 Å². The molecule has 0 radical (unpaired) electrons. The van der Waals surface area contributed by atoms with Crippen molar-refractivity contribution in [3.05, 3.63) is 23.8 Å². The molecule has 70 valence electrons. The summed E-state index contributed by atoms with van der Waals surface area (Å²) in [4.78, 5) is 12.0. The molecule has 0 atom stereocenters. The lowest BCUT2D eigenvalue weighted by Gasteiger charge is -2.05. The number of alkyl halides is 1. The van der Waals surface area contributed by atoms with Crippen LogP contribution < -0.4 is 5.73 Å². The van der Waals surface area contributed by atoms with Crippen LogP contribution in [0.5, 0.6) is 0 Å². The molecule has 0 saturated carbocycles. The fourth-order valence-electron chi connectivity index (χ4n) is 1.02. The number of carbonyl (C=O) groups is 1. The number of rotatable bonds is 3. The number of hydrogen-bond donors (Lipinski definition) is 2. The van der Waals surface area contributed by atoms with Crippen molar-refractivity contribution in [1.82, 2.24) is 0 Å². The average molecular weight is 216 g/mol. The van der Waals surface area contributed by atoms with Crippen molar-refractivity contribution in [3.63, 3.8) is 0 Å². The third kappa shape index (κ3) is 2.39. The van der Waals surface area contributed by atoms with E-state index in [1.54, 1.807) is 18.2 Å². The van der Waals surface area contributed by atoms with Crippen LogP contribution in [0.2, 0.25) is 0 Å². The maximum Gasteiger partial charge on any atom is 0.166 e. The molecule has 2 nitrogen and oxygen atoms in total. The number of Topliss-reactive ketones (excluding diaryl/α,β-unsaturated/α-hetero) is 1. The van der Waals surface area contributed by atoms with Crippen LogP contribution in [0, 0.1) is 0 Å². The highest BCUT2D eigenvalue weighted by atomic mass is 35.5. The van der Waals surface area contributed by atoms with Gasteiger partial charge in [-0.15, -0.1) is 24.2 Å². The Morgan fingerprint density at radius 3 is 2.85 bits per heavy atom. The second-order valence-corrected chi connectivity index (χ2v) is 3.46. The number of carbonyl (C=O) groups excluding carboxylic acids is 1. The van der Waals surface area contributed by atoms with Gasteiger partial charge < -0.3 is 5.73 Å². The Bertz CT molecular complexity index is 327. The van der Waals surface area contributed by atoms with E-state index >= 15 is 0 Å². The zero-order chi connectivity index (χ0) is 9.84. The highest BCUT2D eigenvalue weighted by molar-refractivity contribution is 7.80. The molecule has 0 amide bonds. The number of thiol groups is 1. The topological polar surface area (TPSA) is 43.1 Å². The zero-order valence-corrected chi connectivity index (χ0v) is 8.61. The molecule has 0 aliphatic rings. The highest BCUT2D eigenvalue weighted by Gasteiger charge is 2.09. The van der Waals surface area contributed by atoms with Crippen LogP contribution >= 0.6 is 24.2 Å². The SMILES string of the molecule is Nc1c(S)cccc1C(=O)CCCl. The number of benzene rings is 1. The van der Waals surface area contributed by atoms with Crippen LogP contribution in [0.25, 0.3) is 0 Å². The van der Waals surface area contributed by atoms with Gasteiger partial charge in [0.05, 0.1) is 5.69 Å². The normalized spacial score (nSPS) is 10.0. The summed E-state index contributed by atoms with van der Waals surface area (Å²) in [5.74, 6) is 0.276. The molecule has 0 unspecified atom stereocenters. The van der Waals surface area contributed by atoms with Crippen LogP contribution in [0.1, 0.15) is 16.8 Å². The molecule has 1 aromatic rings.